The molecule has 66 valence electrons. The summed E-state index contributed by atoms with van der Waals surface area (Å²) in [6.07, 6.45) is 6.62. The molecule has 1 N–H and O–H groups in total. The van der Waals surface area contributed by atoms with Crippen molar-refractivity contribution >= 4 is 5.71 Å². The summed E-state index contributed by atoms with van der Waals surface area (Å²) in [5, 5.41) is 11.8. The fourth-order valence-corrected chi connectivity index (χ4v) is 1.09. The third kappa shape index (κ3) is 5.89. The molecule has 0 aromatic heterocycles. The number of oxime groups is 1. The summed E-state index contributed by atoms with van der Waals surface area (Å²) in [5.74, 6) is 0. The highest BCUT2D eigenvalue weighted by atomic mass is 16.4. The van der Waals surface area contributed by atoms with Crippen molar-refractivity contribution in [1.82, 2.24) is 0 Å². The molecule has 0 rings (SSSR count). The molecular formula is C9H19NO. The van der Waals surface area contributed by atoms with E-state index in [4.69, 9.17) is 5.21 Å². The maximum atomic E-state index is 8.54. The van der Waals surface area contributed by atoms with Gasteiger partial charge >= 0.3 is 0 Å². The second kappa shape index (κ2) is 7.58. The Labute approximate surface area is 69.3 Å². The van der Waals surface area contributed by atoms with Crippen molar-refractivity contribution < 1.29 is 5.21 Å². The van der Waals surface area contributed by atoms with E-state index >= 15 is 0 Å². The molecule has 11 heavy (non-hydrogen) atoms. The molecule has 0 aromatic rings. The first-order valence-corrected chi connectivity index (χ1v) is 4.54. The van der Waals surface area contributed by atoms with E-state index in [1.54, 1.807) is 0 Å². The van der Waals surface area contributed by atoms with Gasteiger partial charge in [-0.15, -0.1) is 0 Å². The van der Waals surface area contributed by atoms with Crippen LogP contribution in [0.15, 0.2) is 5.16 Å². The van der Waals surface area contributed by atoms with Gasteiger partial charge < -0.3 is 5.21 Å². The third-order valence-electron chi connectivity index (χ3n) is 1.75. The van der Waals surface area contributed by atoms with Crippen molar-refractivity contribution in [2.75, 3.05) is 0 Å². The Bertz CT molecular complexity index is 110. The van der Waals surface area contributed by atoms with Crippen LogP contribution in [0.1, 0.15) is 52.4 Å². The molecule has 0 saturated carbocycles. The summed E-state index contributed by atoms with van der Waals surface area (Å²) in [6, 6.07) is 0. The van der Waals surface area contributed by atoms with Crippen molar-refractivity contribution in [3.05, 3.63) is 0 Å². The number of rotatable bonds is 6. The van der Waals surface area contributed by atoms with Gasteiger partial charge in [0.1, 0.15) is 0 Å². The lowest BCUT2D eigenvalue weighted by Gasteiger charge is -2.00. The molecule has 0 aliphatic carbocycles. The van der Waals surface area contributed by atoms with Gasteiger partial charge in [-0.25, -0.2) is 0 Å². The van der Waals surface area contributed by atoms with Gasteiger partial charge in [0.15, 0.2) is 0 Å². The molecule has 0 heterocycles. The Kier molecular flexibility index (Phi) is 7.21. The summed E-state index contributed by atoms with van der Waals surface area (Å²) in [6.45, 7) is 4.28. The fourth-order valence-electron chi connectivity index (χ4n) is 1.09. The van der Waals surface area contributed by atoms with Crippen molar-refractivity contribution in [2.24, 2.45) is 5.16 Å². The van der Waals surface area contributed by atoms with E-state index in [-0.39, 0.29) is 0 Å². The minimum Gasteiger partial charge on any atom is -0.411 e. The van der Waals surface area contributed by atoms with Crippen LogP contribution < -0.4 is 0 Å². The molecule has 0 aliphatic rings. The zero-order valence-electron chi connectivity index (χ0n) is 7.64. The molecule has 0 amide bonds. The molecule has 0 fully saturated rings. The second-order valence-electron chi connectivity index (χ2n) is 2.87. The molecule has 0 spiro atoms. The lowest BCUT2D eigenvalue weighted by atomic mass is 10.1. The Morgan fingerprint density at radius 3 is 2.27 bits per heavy atom. The average Bonchev–Trinajstić information content (AvgIpc) is 2.03. The summed E-state index contributed by atoms with van der Waals surface area (Å²) in [7, 11) is 0. The molecule has 0 atom stereocenters. The van der Waals surface area contributed by atoms with E-state index in [9.17, 15) is 0 Å². The van der Waals surface area contributed by atoms with E-state index in [1.165, 1.54) is 12.8 Å². The van der Waals surface area contributed by atoms with E-state index in [1.807, 2.05) is 0 Å². The molecule has 0 radical (unpaired) electrons. The van der Waals surface area contributed by atoms with Gasteiger partial charge in [-0.1, -0.05) is 38.3 Å². The SMILES string of the molecule is CCCCCC(CCC)=NO. The first kappa shape index (κ1) is 10.5. The van der Waals surface area contributed by atoms with Gasteiger partial charge in [0, 0.05) is 0 Å². The van der Waals surface area contributed by atoms with Gasteiger partial charge in [0.25, 0.3) is 0 Å². The predicted octanol–water partition coefficient (Wildman–Crippen LogP) is 3.20. The predicted molar refractivity (Wildman–Crippen MR) is 48.3 cm³/mol. The van der Waals surface area contributed by atoms with Crippen molar-refractivity contribution in [1.29, 1.82) is 0 Å². The van der Waals surface area contributed by atoms with Gasteiger partial charge in [-0.2, -0.15) is 0 Å². The monoisotopic (exact) mass is 157 g/mol. The average molecular weight is 157 g/mol. The summed E-state index contributed by atoms with van der Waals surface area (Å²) in [4.78, 5) is 0. The minimum absolute atomic E-state index is 0.945. The van der Waals surface area contributed by atoms with E-state index in [0.29, 0.717) is 0 Å². The number of nitrogens with zero attached hydrogens (tertiary/aromatic N) is 1. The number of hydrogen-bond acceptors (Lipinski definition) is 2. The Morgan fingerprint density at radius 1 is 1.09 bits per heavy atom. The van der Waals surface area contributed by atoms with Gasteiger partial charge in [0.05, 0.1) is 5.71 Å². The lowest BCUT2D eigenvalue weighted by Crippen LogP contribution is -1.97. The van der Waals surface area contributed by atoms with Crippen LogP contribution >= 0.6 is 0 Å². The lowest BCUT2D eigenvalue weighted by molar-refractivity contribution is 0.315. The van der Waals surface area contributed by atoms with E-state index < -0.39 is 0 Å². The van der Waals surface area contributed by atoms with Gasteiger partial charge in [-0.05, 0) is 19.3 Å². The maximum Gasteiger partial charge on any atom is 0.0570 e. The third-order valence-corrected chi connectivity index (χ3v) is 1.75. The normalized spacial score (nSPS) is 12.0. The largest absolute Gasteiger partial charge is 0.411 e. The zero-order chi connectivity index (χ0) is 8.53. The quantitative estimate of drug-likeness (QED) is 0.273. The van der Waals surface area contributed by atoms with E-state index in [0.717, 1.165) is 31.4 Å². The minimum atomic E-state index is 0.945. The Morgan fingerprint density at radius 2 is 1.82 bits per heavy atom. The molecule has 0 aromatic carbocycles. The number of hydrogen-bond donors (Lipinski definition) is 1. The van der Waals surface area contributed by atoms with Crippen LogP contribution in [0.3, 0.4) is 0 Å². The zero-order valence-corrected chi connectivity index (χ0v) is 7.64. The van der Waals surface area contributed by atoms with E-state index in [2.05, 4.69) is 19.0 Å². The molecule has 2 heteroatoms. The highest BCUT2D eigenvalue weighted by Crippen LogP contribution is 2.04. The first-order valence-electron chi connectivity index (χ1n) is 4.54. The van der Waals surface area contributed by atoms with Crippen LogP contribution in [0.5, 0.6) is 0 Å². The highest BCUT2D eigenvalue weighted by molar-refractivity contribution is 5.83. The van der Waals surface area contributed by atoms with Crippen LogP contribution in [-0.4, -0.2) is 10.9 Å². The van der Waals surface area contributed by atoms with Crippen molar-refractivity contribution in [2.45, 2.75) is 52.4 Å². The summed E-state index contributed by atoms with van der Waals surface area (Å²) < 4.78 is 0. The molecule has 0 saturated heterocycles. The number of unbranched alkanes of at least 4 members (excludes halogenated alkanes) is 2. The Hall–Kier alpha value is -0.530. The highest BCUT2D eigenvalue weighted by Gasteiger charge is 1.97. The van der Waals surface area contributed by atoms with Crippen LogP contribution in [0, 0.1) is 0 Å². The molecular weight excluding hydrogens is 138 g/mol. The summed E-state index contributed by atoms with van der Waals surface area (Å²) in [5.41, 5.74) is 0.959. The van der Waals surface area contributed by atoms with Crippen LogP contribution in [0.25, 0.3) is 0 Å². The molecule has 0 unspecified atom stereocenters. The van der Waals surface area contributed by atoms with Crippen LogP contribution in [-0.2, 0) is 0 Å². The smallest absolute Gasteiger partial charge is 0.0570 e. The first-order chi connectivity index (χ1) is 5.35. The van der Waals surface area contributed by atoms with Crippen LogP contribution in [0.4, 0.5) is 0 Å². The van der Waals surface area contributed by atoms with Crippen LogP contribution in [0.2, 0.25) is 0 Å². The summed E-state index contributed by atoms with van der Waals surface area (Å²) >= 11 is 0. The maximum absolute atomic E-state index is 8.54. The van der Waals surface area contributed by atoms with Gasteiger partial charge in [0.2, 0.25) is 0 Å². The topological polar surface area (TPSA) is 32.6 Å². The molecule has 0 bridgehead atoms. The van der Waals surface area contributed by atoms with Crippen molar-refractivity contribution in [3.63, 3.8) is 0 Å². The molecule has 2 nitrogen and oxygen atoms in total. The fraction of sp³-hybridized carbons (Fsp3) is 0.889. The Balaban J connectivity index is 3.37. The van der Waals surface area contributed by atoms with Gasteiger partial charge in [-0.3, -0.25) is 0 Å². The van der Waals surface area contributed by atoms with Crippen molar-refractivity contribution in [3.8, 4) is 0 Å². The second-order valence-corrected chi connectivity index (χ2v) is 2.87. The standard InChI is InChI=1S/C9H19NO/c1-3-5-6-8-9(10-11)7-4-2/h11H,3-8H2,1-2H3. The molecule has 0 aliphatic heterocycles.